The minimum absolute atomic E-state index is 0.368. The van der Waals surface area contributed by atoms with Gasteiger partial charge in [-0.15, -0.1) is 0 Å². The van der Waals surface area contributed by atoms with Crippen molar-refractivity contribution in [3.05, 3.63) is 96.7 Å². The topological polar surface area (TPSA) is 0 Å². The molecule has 19 heavy (non-hydrogen) atoms. The van der Waals surface area contributed by atoms with Crippen LogP contribution in [0.25, 0.3) is 0 Å². The van der Waals surface area contributed by atoms with Gasteiger partial charge in [0.1, 0.15) is 0 Å². The van der Waals surface area contributed by atoms with E-state index in [4.69, 9.17) is 0 Å². The smallest absolute Gasteiger partial charge is 0.000710 e. The van der Waals surface area contributed by atoms with Gasteiger partial charge in [0.2, 0.25) is 0 Å². The van der Waals surface area contributed by atoms with Gasteiger partial charge in [-0.2, -0.15) is 0 Å². The predicted octanol–water partition coefficient (Wildman–Crippen LogP) is 5.51. The quantitative estimate of drug-likeness (QED) is 0.584. The Hall–Kier alpha value is -2.08. The molecule has 0 aromatic heterocycles. The maximum Gasteiger partial charge on any atom is -0.000710 e. The lowest BCUT2D eigenvalue weighted by Gasteiger charge is -2.08. The second-order valence-corrected chi connectivity index (χ2v) is 4.65. The maximum atomic E-state index is 4.05. The van der Waals surface area contributed by atoms with E-state index < -0.39 is 0 Å². The third kappa shape index (κ3) is 4.59. The van der Waals surface area contributed by atoms with Gasteiger partial charge in [-0.25, -0.2) is 0 Å². The number of hydrogen-bond donors (Lipinski definition) is 0. The van der Waals surface area contributed by atoms with Crippen LogP contribution in [0.1, 0.15) is 24.0 Å². The summed E-state index contributed by atoms with van der Waals surface area (Å²) in [7, 11) is 0. The Labute approximate surface area is 117 Å². The number of aryl methyl sites for hydroxylation is 1. The highest BCUT2D eigenvalue weighted by Gasteiger charge is 2.01. The summed E-state index contributed by atoms with van der Waals surface area (Å²) in [4.78, 5) is 0. The molecule has 0 nitrogen and oxygen atoms in total. The fourth-order valence-corrected chi connectivity index (χ4v) is 1.77. The van der Waals surface area contributed by atoms with E-state index in [2.05, 4.69) is 63.9 Å². The number of rotatable bonds is 6. The Bertz CT molecular complexity index is 509. The van der Waals surface area contributed by atoms with E-state index in [1.165, 1.54) is 11.1 Å². The summed E-state index contributed by atoms with van der Waals surface area (Å²) in [5.74, 6) is 0.368. The third-order valence-electron chi connectivity index (χ3n) is 3.08. The molecule has 0 heteroatoms. The minimum Gasteiger partial charge on any atom is -0.0990 e. The van der Waals surface area contributed by atoms with Gasteiger partial charge in [0.25, 0.3) is 0 Å². The fourth-order valence-electron chi connectivity index (χ4n) is 1.77. The van der Waals surface area contributed by atoms with E-state index >= 15 is 0 Å². The van der Waals surface area contributed by atoms with Crippen molar-refractivity contribution in [3.63, 3.8) is 0 Å². The van der Waals surface area contributed by atoms with Crippen LogP contribution in [-0.4, -0.2) is 0 Å². The van der Waals surface area contributed by atoms with Crippen molar-refractivity contribution in [1.82, 2.24) is 0 Å². The SMILES string of the molecule is C=C/C=C(\C=C)C(=C)/C=C\C(C)c1ccc(C)cc1. The monoisotopic (exact) mass is 250 g/mol. The molecule has 0 N–H and O–H groups in total. The summed E-state index contributed by atoms with van der Waals surface area (Å²) in [6.45, 7) is 15.8. The van der Waals surface area contributed by atoms with Crippen molar-refractivity contribution >= 4 is 0 Å². The van der Waals surface area contributed by atoms with Crippen molar-refractivity contribution in [2.75, 3.05) is 0 Å². The lowest BCUT2D eigenvalue weighted by Crippen LogP contribution is -1.89. The second kappa shape index (κ2) is 7.38. The predicted molar refractivity (Wildman–Crippen MR) is 86.4 cm³/mol. The van der Waals surface area contributed by atoms with E-state index in [9.17, 15) is 0 Å². The molecule has 0 amide bonds. The van der Waals surface area contributed by atoms with Crippen molar-refractivity contribution in [2.45, 2.75) is 19.8 Å². The van der Waals surface area contributed by atoms with Crippen LogP contribution in [-0.2, 0) is 0 Å². The van der Waals surface area contributed by atoms with Gasteiger partial charge >= 0.3 is 0 Å². The first kappa shape index (κ1) is 15.0. The second-order valence-electron chi connectivity index (χ2n) is 4.65. The van der Waals surface area contributed by atoms with Crippen LogP contribution in [0.2, 0.25) is 0 Å². The summed E-state index contributed by atoms with van der Waals surface area (Å²) in [5, 5.41) is 0. The third-order valence-corrected chi connectivity index (χ3v) is 3.08. The molecule has 0 radical (unpaired) electrons. The largest absolute Gasteiger partial charge is 0.0990 e. The molecule has 1 aromatic carbocycles. The van der Waals surface area contributed by atoms with E-state index in [0.717, 1.165) is 11.1 Å². The first-order chi connectivity index (χ1) is 9.08. The number of benzene rings is 1. The summed E-state index contributed by atoms with van der Waals surface area (Å²) in [5.41, 5.74) is 4.55. The fraction of sp³-hybridized carbons (Fsp3) is 0.158. The van der Waals surface area contributed by atoms with E-state index in [1.54, 1.807) is 12.2 Å². The molecule has 0 aliphatic heterocycles. The molecule has 0 bridgehead atoms. The average Bonchev–Trinajstić information content (AvgIpc) is 2.42. The molecular weight excluding hydrogens is 228 g/mol. The molecule has 0 aliphatic carbocycles. The molecule has 1 atom stereocenters. The van der Waals surface area contributed by atoms with Crippen molar-refractivity contribution in [3.8, 4) is 0 Å². The highest BCUT2D eigenvalue weighted by Crippen LogP contribution is 2.19. The summed E-state index contributed by atoms with van der Waals surface area (Å²) in [6.07, 6.45) is 9.66. The average molecular weight is 250 g/mol. The number of hydrogen-bond acceptors (Lipinski definition) is 0. The molecule has 0 saturated carbocycles. The Morgan fingerprint density at radius 3 is 2.32 bits per heavy atom. The minimum atomic E-state index is 0.368. The van der Waals surface area contributed by atoms with E-state index in [0.29, 0.717) is 5.92 Å². The lowest BCUT2D eigenvalue weighted by atomic mass is 9.97. The van der Waals surface area contributed by atoms with Crippen LogP contribution in [0, 0.1) is 6.92 Å². The summed E-state index contributed by atoms with van der Waals surface area (Å²) < 4.78 is 0. The summed E-state index contributed by atoms with van der Waals surface area (Å²) in [6, 6.07) is 8.62. The van der Waals surface area contributed by atoms with Gasteiger partial charge < -0.3 is 0 Å². The normalized spacial score (nSPS) is 13.3. The molecule has 98 valence electrons. The van der Waals surface area contributed by atoms with Crippen LogP contribution >= 0.6 is 0 Å². The molecule has 0 aliphatic rings. The van der Waals surface area contributed by atoms with E-state index in [1.807, 2.05) is 12.2 Å². The molecular formula is C19H22. The Morgan fingerprint density at radius 2 is 1.79 bits per heavy atom. The molecule has 0 heterocycles. The lowest BCUT2D eigenvalue weighted by molar-refractivity contribution is 0.965. The van der Waals surface area contributed by atoms with Crippen LogP contribution in [0.3, 0.4) is 0 Å². The van der Waals surface area contributed by atoms with Gasteiger partial charge in [-0.1, -0.05) is 86.9 Å². The van der Waals surface area contributed by atoms with Gasteiger partial charge in [0.05, 0.1) is 0 Å². The van der Waals surface area contributed by atoms with Crippen LogP contribution in [0.4, 0.5) is 0 Å². The van der Waals surface area contributed by atoms with Crippen molar-refractivity contribution < 1.29 is 0 Å². The first-order valence-corrected chi connectivity index (χ1v) is 6.47. The highest BCUT2D eigenvalue weighted by atomic mass is 14.1. The van der Waals surface area contributed by atoms with Crippen molar-refractivity contribution in [2.24, 2.45) is 0 Å². The van der Waals surface area contributed by atoms with Gasteiger partial charge in [0.15, 0.2) is 0 Å². The molecule has 1 rings (SSSR count). The van der Waals surface area contributed by atoms with Crippen LogP contribution in [0.15, 0.2) is 85.5 Å². The zero-order valence-electron chi connectivity index (χ0n) is 11.9. The highest BCUT2D eigenvalue weighted by molar-refractivity contribution is 5.46. The molecule has 0 fully saturated rings. The number of allylic oxidation sites excluding steroid dienone is 7. The van der Waals surface area contributed by atoms with Gasteiger partial charge in [-0.05, 0) is 29.6 Å². The van der Waals surface area contributed by atoms with Gasteiger partial charge in [-0.3, -0.25) is 0 Å². The van der Waals surface area contributed by atoms with E-state index in [-0.39, 0.29) is 0 Å². The van der Waals surface area contributed by atoms with Crippen molar-refractivity contribution in [1.29, 1.82) is 0 Å². The zero-order valence-corrected chi connectivity index (χ0v) is 11.9. The molecule has 0 saturated heterocycles. The maximum absolute atomic E-state index is 4.05. The Morgan fingerprint density at radius 1 is 1.16 bits per heavy atom. The van der Waals surface area contributed by atoms with Crippen LogP contribution in [0.5, 0.6) is 0 Å². The Balaban J connectivity index is 2.78. The zero-order chi connectivity index (χ0) is 14.3. The standard InChI is InChI=1S/C19H22/c1-6-8-18(7-2)16(4)11-12-17(5)19-13-9-15(3)10-14-19/h6-14,17H,1-2,4H2,3,5H3/b12-11-,18-8+. The van der Waals surface area contributed by atoms with Crippen LogP contribution < -0.4 is 0 Å². The molecule has 0 spiro atoms. The molecule has 1 unspecified atom stereocenters. The van der Waals surface area contributed by atoms with Gasteiger partial charge in [0, 0.05) is 0 Å². The first-order valence-electron chi connectivity index (χ1n) is 6.47. The molecule has 1 aromatic rings. The summed E-state index contributed by atoms with van der Waals surface area (Å²) >= 11 is 0. The Kier molecular flexibility index (Phi) is 5.81.